The maximum Gasteiger partial charge on any atom is 0.0962 e. The molecule has 0 bridgehead atoms. The summed E-state index contributed by atoms with van der Waals surface area (Å²) >= 11 is 3.70. The van der Waals surface area contributed by atoms with E-state index in [2.05, 4.69) is 23.5 Å². The Morgan fingerprint density at radius 3 is 2.69 bits per heavy atom. The first-order valence-electron chi connectivity index (χ1n) is 4.11. The molecule has 0 amide bonds. The van der Waals surface area contributed by atoms with E-state index >= 15 is 0 Å². The van der Waals surface area contributed by atoms with Crippen molar-refractivity contribution in [2.75, 3.05) is 19.6 Å². The Bertz CT molecular complexity index is 244. The number of hydrogen-bond acceptors (Lipinski definition) is 4. The Kier molecular flexibility index (Phi) is 4.01. The van der Waals surface area contributed by atoms with Gasteiger partial charge in [-0.3, -0.25) is 0 Å². The quantitative estimate of drug-likeness (QED) is 0.704. The number of rotatable bonds is 2. The van der Waals surface area contributed by atoms with E-state index in [1.807, 2.05) is 36.8 Å². The summed E-state index contributed by atoms with van der Waals surface area (Å²) in [5, 5.41) is 9.87. The summed E-state index contributed by atoms with van der Waals surface area (Å²) in [6, 6.07) is 2.24. The average Bonchev–Trinajstić information content (AvgIpc) is 2.16. The molecule has 0 aromatic carbocycles. The van der Waals surface area contributed by atoms with Crippen LogP contribution in [0.25, 0.3) is 0 Å². The minimum atomic E-state index is 0.507. The predicted molar refractivity (Wildman–Crippen MR) is 60.7 cm³/mol. The minimum Gasteiger partial charge on any atom is -0.367 e. The molecule has 0 aromatic rings. The molecule has 0 spiro atoms. The van der Waals surface area contributed by atoms with Gasteiger partial charge in [-0.2, -0.15) is 17.0 Å². The Morgan fingerprint density at radius 1 is 1.54 bits per heavy atom. The van der Waals surface area contributed by atoms with Gasteiger partial charge < -0.3 is 4.90 Å². The van der Waals surface area contributed by atoms with Crippen LogP contribution < -0.4 is 0 Å². The van der Waals surface area contributed by atoms with Crippen LogP contribution in [-0.4, -0.2) is 35.1 Å². The van der Waals surface area contributed by atoms with Gasteiger partial charge in [0.1, 0.15) is 0 Å². The topological polar surface area (TPSA) is 27.0 Å². The third-order valence-corrected chi connectivity index (χ3v) is 4.53. The molecule has 0 radical (unpaired) electrons. The number of hydrogen-bond donors (Lipinski definition) is 0. The van der Waals surface area contributed by atoms with Crippen LogP contribution in [-0.2, 0) is 0 Å². The first kappa shape index (κ1) is 10.8. The third kappa shape index (κ3) is 2.35. The summed E-state index contributed by atoms with van der Waals surface area (Å²) in [6.45, 7) is 0. The van der Waals surface area contributed by atoms with Gasteiger partial charge in [0, 0.05) is 24.1 Å². The summed E-state index contributed by atoms with van der Waals surface area (Å²) in [7, 11) is 2.04. The molecule has 0 saturated heterocycles. The SMILES string of the molecule is CS[C@@H]1CC(C#N)=CN(C)[C@H]1SC. The second kappa shape index (κ2) is 4.83. The van der Waals surface area contributed by atoms with Crippen LogP contribution in [0.15, 0.2) is 11.8 Å². The van der Waals surface area contributed by atoms with Gasteiger partial charge in [-0.25, -0.2) is 0 Å². The van der Waals surface area contributed by atoms with Crippen LogP contribution in [0.2, 0.25) is 0 Å². The zero-order chi connectivity index (χ0) is 9.84. The molecule has 13 heavy (non-hydrogen) atoms. The Hall–Kier alpha value is -0.270. The standard InChI is InChI=1S/C9H14N2S2/c1-11-6-7(5-10)4-8(12-2)9(11)13-3/h6,8-9H,4H2,1-3H3/t8-,9+/m1/s1. The minimum absolute atomic E-state index is 0.507. The van der Waals surface area contributed by atoms with Gasteiger partial charge >= 0.3 is 0 Å². The first-order chi connectivity index (χ1) is 6.22. The maximum absolute atomic E-state index is 8.82. The fourth-order valence-corrected chi connectivity index (χ4v) is 3.77. The second-order valence-electron chi connectivity index (χ2n) is 3.04. The fraction of sp³-hybridized carbons (Fsp3) is 0.667. The monoisotopic (exact) mass is 214 g/mol. The van der Waals surface area contributed by atoms with Crippen LogP contribution in [0.5, 0.6) is 0 Å². The molecule has 1 heterocycles. The smallest absolute Gasteiger partial charge is 0.0962 e. The van der Waals surface area contributed by atoms with E-state index < -0.39 is 0 Å². The van der Waals surface area contributed by atoms with Gasteiger partial charge in [0.25, 0.3) is 0 Å². The molecule has 2 atom stereocenters. The highest BCUT2D eigenvalue weighted by molar-refractivity contribution is 8.03. The van der Waals surface area contributed by atoms with Crippen molar-refractivity contribution in [3.8, 4) is 6.07 Å². The lowest BCUT2D eigenvalue weighted by Gasteiger charge is -2.35. The van der Waals surface area contributed by atoms with Crippen molar-refractivity contribution in [2.45, 2.75) is 17.0 Å². The van der Waals surface area contributed by atoms with Gasteiger partial charge in [-0.05, 0) is 18.9 Å². The summed E-state index contributed by atoms with van der Waals surface area (Å²) < 4.78 is 0. The highest BCUT2D eigenvalue weighted by atomic mass is 32.2. The lowest BCUT2D eigenvalue weighted by Crippen LogP contribution is -2.37. The molecule has 1 aliphatic rings. The van der Waals surface area contributed by atoms with Crippen molar-refractivity contribution in [3.05, 3.63) is 11.8 Å². The highest BCUT2D eigenvalue weighted by Crippen LogP contribution is 2.32. The van der Waals surface area contributed by atoms with E-state index in [0.717, 1.165) is 12.0 Å². The lowest BCUT2D eigenvalue weighted by atomic mass is 10.1. The van der Waals surface area contributed by atoms with Gasteiger partial charge in [0.15, 0.2) is 0 Å². The van der Waals surface area contributed by atoms with Crippen molar-refractivity contribution < 1.29 is 0 Å². The van der Waals surface area contributed by atoms with Crippen molar-refractivity contribution >= 4 is 23.5 Å². The van der Waals surface area contributed by atoms with Crippen molar-refractivity contribution in [3.63, 3.8) is 0 Å². The third-order valence-electron chi connectivity index (χ3n) is 2.19. The molecule has 0 unspecified atom stereocenters. The number of nitrogens with zero attached hydrogens (tertiary/aromatic N) is 2. The summed E-state index contributed by atoms with van der Waals surface area (Å²) in [4.78, 5) is 2.15. The van der Waals surface area contributed by atoms with Crippen LogP contribution in [0.1, 0.15) is 6.42 Å². The van der Waals surface area contributed by atoms with Gasteiger partial charge in [-0.15, -0.1) is 11.8 Å². The van der Waals surface area contributed by atoms with Crippen molar-refractivity contribution in [1.29, 1.82) is 5.26 Å². The van der Waals surface area contributed by atoms with E-state index in [9.17, 15) is 0 Å². The highest BCUT2D eigenvalue weighted by Gasteiger charge is 2.27. The summed E-state index contributed by atoms with van der Waals surface area (Å²) in [6.07, 6.45) is 7.11. The predicted octanol–water partition coefficient (Wildman–Crippen LogP) is 2.15. The van der Waals surface area contributed by atoms with Crippen LogP contribution in [0.3, 0.4) is 0 Å². The molecule has 0 fully saturated rings. The summed E-state index contributed by atoms with van der Waals surface area (Å²) in [5.74, 6) is 0. The van der Waals surface area contributed by atoms with Gasteiger partial charge in [0.05, 0.1) is 11.4 Å². The maximum atomic E-state index is 8.82. The molecule has 72 valence electrons. The zero-order valence-corrected chi connectivity index (χ0v) is 9.78. The molecule has 0 aliphatic carbocycles. The largest absolute Gasteiger partial charge is 0.367 e. The number of thioether (sulfide) groups is 2. The number of allylic oxidation sites excluding steroid dienone is 1. The first-order valence-corrected chi connectivity index (χ1v) is 6.68. The molecule has 0 aromatic heterocycles. The van der Waals surface area contributed by atoms with Crippen molar-refractivity contribution in [2.24, 2.45) is 0 Å². The number of nitriles is 1. The molecule has 0 saturated carbocycles. The van der Waals surface area contributed by atoms with E-state index in [1.165, 1.54) is 0 Å². The molecular formula is C9H14N2S2. The fourth-order valence-electron chi connectivity index (χ4n) is 1.54. The molecule has 0 N–H and O–H groups in total. The van der Waals surface area contributed by atoms with Crippen LogP contribution >= 0.6 is 23.5 Å². The zero-order valence-electron chi connectivity index (χ0n) is 8.15. The van der Waals surface area contributed by atoms with E-state index in [-0.39, 0.29) is 0 Å². The molecule has 2 nitrogen and oxygen atoms in total. The molecule has 1 rings (SSSR count). The van der Waals surface area contributed by atoms with Gasteiger partial charge in [-0.1, -0.05) is 0 Å². The van der Waals surface area contributed by atoms with E-state index in [0.29, 0.717) is 10.6 Å². The van der Waals surface area contributed by atoms with Gasteiger partial charge in [0.2, 0.25) is 0 Å². The molecular weight excluding hydrogens is 200 g/mol. The Morgan fingerprint density at radius 2 is 2.23 bits per heavy atom. The van der Waals surface area contributed by atoms with Crippen LogP contribution in [0, 0.1) is 11.3 Å². The molecule has 4 heteroatoms. The Balaban J connectivity index is 2.80. The van der Waals surface area contributed by atoms with Crippen LogP contribution in [0.4, 0.5) is 0 Å². The van der Waals surface area contributed by atoms with E-state index in [1.54, 1.807) is 0 Å². The lowest BCUT2D eigenvalue weighted by molar-refractivity contribution is 0.394. The molecule has 1 aliphatic heterocycles. The van der Waals surface area contributed by atoms with Crippen molar-refractivity contribution in [1.82, 2.24) is 4.90 Å². The average molecular weight is 214 g/mol. The Labute approximate surface area is 88.4 Å². The summed E-state index contributed by atoms with van der Waals surface area (Å²) in [5.41, 5.74) is 0.896. The second-order valence-corrected chi connectivity index (χ2v) is 5.07. The van der Waals surface area contributed by atoms with E-state index in [4.69, 9.17) is 5.26 Å². The normalized spacial score (nSPS) is 28.2.